The monoisotopic (exact) mass is 534 g/mol. The molecule has 2 fully saturated rings. The summed E-state index contributed by atoms with van der Waals surface area (Å²) < 4.78 is 44.3. The van der Waals surface area contributed by atoms with Crippen LogP contribution in [-0.2, 0) is 27.4 Å². The first-order valence-corrected chi connectivity index (χ1v) is 15.2. The standard InChI is InChI=1S/C26H26N6O3S2/c27-15-24-23-11-8-21(36(33)13-12-31-17-28-16-29-31)14-25(23)32(20-2-1-3-20)26(24)18-4-6-19(7-5-18)30-37(34,35)22-9-10-22/h4-8,11,14,16-17,20,22,30H,1-3,9-10,12-13H2. The van der Waals surface area contributed by atoms with Gasteiger partial charge in [-0.15, -0.1) is 0 Å². The molecule has 37 heavy (non-hydrogen) atoms. The highest BCUT2D eigenvalue weighted by Gasteiger charge is 2.35. The lowest BCUT2D eigenvalue weighted by atomic mass is 9.92. The average Bonchev–Trinajstić information content (AvgIpc) is 3.53. The summed E-state index contributed by atoms with van der Waals surface area (Å²) in [7, 11) is -4.58. The predicted molar refractivity (Wildman–Crippen MR) is 142 cm³/mol. The minimum absolute atomic E-state index is 0.256. The van der Waals surface area contributed by atoms with Crippen molar-refractivity contribution >= 4 is 37.4 Å². The quantitative estimate of drug-likeness (QED) is 0.343. The van der Waals surface area contributed by atoms with E-state index in [1.807, 2.05) is 30.3 Å². The molecule has 2 aromatic carbocycles. The van der Waals surface area contributed by atoms with E-state index in [1.165, 1.54) is 6.33 Å². The highest BCUT2D eigenvalue weighted by Crippen LogP contribution is 2.43. The Labute approximate surface area is 217 Å². The van der Waals surface area contributed by atoms with Gasteiger partial charge in [-0.2, -0.15) is 10.4 Å². The highest BCUT2D eigenvalue weighted by molar-refractivity contribution is 7.93. The molecule has 1 N–H and O–H groups in total. The minimum atomic E-state index is -3.34. The van der Waals surface area contributed by atoms with Gasteiger partial charge >= 0.3 is 0 Å². The summed E-state index contributed by atoms with van der Waals surface area (Å²) in [5.41, 5.74) is 3.67. The topological polar surface area (TPSA) is 123 Å². The molecule has 0 spiro atoms. The van der Waals surface area contributed by atoms with Gasteiger partial charge in [0.05, 0.1) is 39.4 Å². The van der Waals surface area contributed by atoms with Crippen molar-refractivity contribution in [1.29, 1.82) is 5.26 Å². The van der Waals surface area contributed by atoms with Crippen molar-refractivity contribution in [2.75, 3.05) is 10.5 Å². The molecule has 2 heterocycles. The van der Waals surface area contributed by atoms with Gasteiger partial charge in [-0.3, -0.25) is 13.6 Å². The molecule has 4 aromatic rings. The molecule has 2 aliphatic carbocycles. The van der Waals surface area contributed by atoms with Crippen LogP contribution in [0, 0.1) is 11.3 Å². The third kappa shape index (κ3) is 4.55. The molecule has 190 valence electrons. The van der Waals surface area contributed by atoms with Crippen LogP contribution in [0.1, 0.15) is 43.7 Å². The zero-order chi connectivity index (χ0) is 25.6. The van der Waals surface area contributed by atoms with E-state index in [2.05, 4.69) is 25.4 Å². The van der Waals surface area contributed by atoms with Crippen LogP contribution in [0.5, 0.6) is 0 Å². The van der Waals surface area contributed by atoms with Crippen molar-refractivity contribution in [3.8, 4) is 17.3 Å². The van der Waals surface area contributed by atoms with Crippen molar-refractivity contribution in [1.82, 2.24) is 19.3 Å². The summed E-state index contributed by atoms with van der Waals surface area (Å²) in [6.45, 7) is 0.500. The number of nitrogens with zero attached hydrogens (tertiary/aromatic N) is 5. The number of nitrogens with one attached hydrogen (secondary N) is 1. The van der Waals surface area contributed by atoms with Gasteiger partial charge in [0.15, 0.2) is 0 Å². The maximum atomic E-state index is 13.1. The van der Waals surface area contributed by atoms with Gasteiger partial charge in [0, 0.05) is 27.8 Å². The van der Waals surface area contributed by atoms with E-state index in [0.29, 0.717) is 41.3 Å². The zero-order valence-corrected chi connectivity index (χ0v) is 21.7. The van der Waals surface area contributed by atoms with Gasteiger partial charge in [0.1, 0.15) is 18.7 Å². The summed E-state index contributed by atoms with van der Waals surface area (Å²) in [5, 5.41) is 14.8. The van der Waals surface area contributed by atoms with Crippen molar-refractivity contribution in [3.05, 3.63) is 60.7 Å². The maximum Gasteiger partial charge on any atom is 0.235 e. The fraction of sp³-hybridized carbons (Fsp3) is 0.346. The Morgan fingerprint density at radius 1 is 1.11 bits per heavy atom. The van der Waals surface area contributed by atoms with Gasteiger partial charge in [-0.25, -0.2) is 13.4 Å². The van der Waals surface area contributed by atoms with E-state index >= 15 is 0 Å². The van der Waals surface area contributed by atoms with E-state index in [1.54, 1.807) is 23.1 Å². The Morgan fingerprint density at radius 2 is 1.89 bits per heavy atom. The summed E-state index contributed by atoms with van der Waals surface area (Å²) in [4.78, 5) is 4.64. The molecule has 6 rings (SSSR count). The number of nitriles is 1. The summed E-state index contributed by atoms with van der Waals surface area (Å²) in [6.07, 6.45) is 7.62. The van der Waals surface area contributed by atoms with Crippen LogP contribution in [0.4, 0.5) is 5.69 Å². The second-order valence-corrected chi connectivity index (χ2v) is 13.1. The first-order chi connectivity index (χ1) is 17.9. The van der Waals surface area contributed by atoms with Crippen molar-refractivity contribution in [2.45, 2.75) is 54.8 Å². The molecule has 0 aliphatic heterocycles. The first kappa shape index (κ1) is 23.9. The van der Waals surface area contributed by atoms with Crippen molar-refractivity contribution in [2.24, 2.45) is 0 Å². The SMILES string of the molecule is N#Cc1c(-c2ccc(NS(=O)(=O)C3CC3)cc2)n(C2CCC2)c2cc(S(=O)CCn3cncn3)ccc12. The van der Waals surface area contributed by atoms with Crippen LogP contribution < -0.4 is 4.72 Å². The molecule has 1 unspecified atom stereocenters. The molecular weight excluding hydrogens is 508 g/mol. The second-order valence-electron chi connectivity index (χ2n) is 9.60. The number of aryl methyl sites for hydroxylation is 1. The third-order valence-corrected chi connectivity index (χ3v) is 10.3. The van der Waals surface area contributed by atoms with Gasteiger partial charge in [0.25, 0.3) is 0 Å². The van der Waals surface area contributed by atoms with E-state index in [0.717, 1.165) is 41.4 Å². The zero-order valence-electron chi connectivity index (χ0n) is 20.1. The lowest BCUT2D eigenvalue weighted by molar-refractivity contribution is 0.324. The molecule has 2 aromatic heterocycles. The second kappa shape index (κ2) is 9.43. The van der Waals surface area contributed by atoms with Crippen LogP contribution >= 0.6 is 0 Å². The smallest absolute Gasteiger partial charge is 0.235 e. The Bertz CT molecular complexity index is 1630. The number of rotatable bonds is 9. The molecule has 0 radical (unpaired) electrons. The fourth-order valence-corrected chi connectivity index (χ4v) is 7.26. The number of anilines is 1. The summed E-state index contributed by atoms with van der Waals surface area (Å²) >= 11 is 0. The van der Waals surface area contributed by atoms with Gasteiger partial charge in [-0.1, -0.05) is 18.2 Å². The van der Waals surface area contributed by atoms with E-state index < -0.39 is 20.8 Å². The molecule has 0 saturated heterocycles. The minimum Gasteiger partial charge on any atom is -0.336 e. The molecular formula is C26H26N6O3S2. The normalized spacial score (nSPS) is 16.8. The number of hydrogen-bond acceptors (Lipinski definition) is 6. The molecule has 11 heteroatoms. The number of sulfonamides is 1. The molecule has 2 saturated carbocycles. The van der Waals surface area contributed by atoms with E-state index in [4.69, 9.17) is 0 Å². The van der Waals surface area contributed by atoms with Crippen LogP contribution in [0.25, 0.3) is 22.2 Å². The van der Waals surface area contributed by atoms with Crippen LogP contribution in [-0.4, -0.2) is 43.0 Å². The Morgan fingerprint density at radius 3 is 2.51 bits per heavy atom. The highest BCUT2D eigenvalue weighted by atomic mass is 32.2. The van der Waals surface area contributed by atoms with E-state index in [9.17, 15) is 17.9 Å². The van der Waals surface area contributed by atoms with Crippen LogP contribution in [0.15, 0.2) is 60.0 Å². The third-order valence-electron chi connectivity index (χ3n) is 7.14. The predicted octanol–water partition coefficient (Wildman–Crippen LogP) is 4.21. The molecule has 0 bridgehead atoms. The Balaban J connectivity index is 1.38. The van der Waals surface area contributed by atoms with Gasteiger partial charge < -0.3 is 4.57 Å². The molecule has 1 atom stereocenters. The molecule has 2 aliphatic rings. The average molecular weight is 535 g/mol. The molecule has 0 amide bonds. The van der Waals surface area contributed by atoms with Crippen molar-refractivity contribution < 1.29 is 12.6 Å². The number of benzene rings is 2. The largest absolute Gasteiger partial charge is 0.336 e. The summed E-state index contributed by atoms with van der Waals surface area (Å²) in [5.74, 6) is 0.412. The number of fused-ring (bicyclic) bond motifs is 1. The number of hydrogen-bond donors (Lipinski definition) is 1. The van der Waals surface area contributed by atoms with Crippen molar-refractivity contribution in [3.63, 3.8) is 0 Å². The van der Waals surface area contributed by atoms with Crippen LogP contribution in [0.3, 0.4) is 0 Å². The van der Waals surface area contributed by atoms with Gasteiger partial charge in [0.2, 0.25) is 10.0 Å². The number of aromatic nitrogens is 4. The Kier molecular flexibility index (Phi) is 6.09. The Hall–Kier alpha value is -3.49. The van der Waals surface area contributed by atoms with E-state index in [-0.39, 0.29) is 11.3 Å². The van der Waals surface area contributed by atoms with Gasteiger partial charge in [-0.05, 0) is 61.9 Å². The first-order valence-electron chi connectivity index (χ1n) is 12.4. The maximum absolute atomic E-state index is 13.1. The lowest BCUT2D eigenvalue weighted by Crippen LogP contribution is -2.18. The van der Waals surface area contributed by atoms with Crippen LogP contribution in [0.2, 0.25) is 0 Å². The summed E-state index contributed by atoms with van der Waals surface area (Å²) in [6, 6.07) is 15.6. The fourth-order valence-electron chi connectivity index (χ4n) is 4.82. The lowest BCUT2D eigenvalue weighted by Gasteiger charge is -2.30. The molecule has 9 nitrogen and oxygen atoms in total.